The predicted molar refractivity (Wildman–Crippen MR) is 183 cm³/mol. The fourth-order valence-electron chi connectivity index (χ4n) is 5.04. The molecule has 0 saturated carbocycles. The van der Waals surface area contributed by atoms with Crippen LogP contribution in [0.5, 0.6) is 5.75 Å². The first kappa shape index (κ1) is 34.5. The van der Waals surface area contributed by atoms with E-state index in [-0.39, 0.29) is 35.2 Å². The molecular weight excluding hydrogens is 622 g/mol. The largest absolute Gasteiger partial charge is 0.495 e. The van der Waals surface area contributed by atoms with E-state index in [0.717, 1.165) is 15.4 Å². The van der Waals surface area contributed by atoms with Gasteiger partial charge in [0, 0.05) is 23.5 Å². The summed E-state index contributed by atoms with van der Waals surface area (Å²) in [6, 6.07) is 28.5. The van der Waals surface area contributed by atoms with Gasteiger partial charge >= 0.3 is 0 Å². The lowest BCUT2D eigenvalue weighted by Gasteiger charge is -2.35. The van der Waals surface area contributed by atoms with Gasteiger partial charge in [0.05, 0.1) is 17.7 Å². The van der Waals surface area contributed by atoms with Crippen molar-refractivity contribution >= 4 is 39.1 Å². The molecule has 0 saturated heterocycles. The quantitative estimate of drug-likeness (QED) is 0.189. The van der Waals surface area contributed by atoms with Crippen molar-refractivity contribution in [1.82, 2.24) is 10.2 Å². The smallest absolute Gasteiger partial charge is 0.264 e. The Balaban J connectivity index is 1.87. The number of ether oxygens (including phenoxy) is 1. The van der Waals surface area contributed by atoms with Gasteiger partial charge in [0.15, 0.2) is 0 Å². The average molecular weight is 662 g/mol. The molecule has 2 amide bonds. The molecule has 0 aliphatic heterocycles. The van der Waals surface area contributed by atoms with Gasteiger partial charge in [-0.2, -0.15) is 0 Å². The van der Waals surface area contributed by atoms with Gasteiger partial charge in [-0.3, -0.25) is 13.9 Å². The van der Waals surface area contributed by atoms with Crippen LogP contribution in [0.2, 0.25) is 5.02 Å². The molecule has 4 rings (SSSR count). The summed E-state index contributed by atoms with van der Waals surface area (Å²) in [7, 11) is -2.82. The average Bonchev–Trinajstić information content (AvgIpc) is 3.02. The molecule has 0 radical (unpaired) electrons. The van der Waals surface area contributed by atoms with Gasteiger partial charge in [0.25, 0.3) is 10.0 Å². The Bertz CT molecular complexity index is 1760. The number of anilines is 1. The second kappa shape index (κ2) is 14.8. The zero-order valence-electron chi connectivity index (χ0n) is 26.7. The van der Waals surface area contributed by atoms with Crippen LogP contribution in [0.15, 0.2) is 108 Å². The summed E-state index contributed by atoms with van der Waals surface area (Å²) in [5, 5.41) is 3.44. The van der Waals surface area contributed by atoms with Crippen molar-refractivity contribution in [3.05, 3.63) is 125 Å². The van der Waals surface area contributed by atoms with Gasteiger partial charge < -0.3 is 15.0 Å². The van der Waals surface area contributed by atoms with Crippen LogP contribution in [-0.4, -0.2) is 50.4 Å². The van der Waals surface area contributed by atoms with Gasteiger partial charge in [-0.15, -0.1) is 0 Å². The fourth-order valence-corrected chi connectivity index (χ4v) is 6.68. The van der Waals surface area contributed by atoms with Gasteiger partial charge in [0.2, 0.25) is 11.8 Å². The maximum absolute atomic E-state index is 14.7. The minimum Gasteiger partial charge on any atom is -0.495 e. The Morgan fingerprint density at radius 2 is 1.50 bits per heavy atom. The molecule has 1 unspecified atom stereocenters. The van der Waals surface area contributed by atoms with Crippen molar-refractivity contribution in [2.75, 3.05) is 18.0 Å². The predicted octanol–water partition coefficient (Wildman–Crippen LogP) is 6.41. The summed E-state index contributed by atoms with van der Waals surface area (Å²) in [4.78, 5) is 30.1. The van der Waals surface area contributed by atoms with E-state index in [1.165, 1.54) is 24.1 Å². The second-order valence-electron chi connectivity index (χ2n) is 12.1. The first-order chi connectivity index (χ1) is 21.8. The summed E-state index contributed by atoms with van der Waals surface area (Å²) in [5.41, 5.74) is 1.84. The minimum absolute atomic E-state index is 0.00956. The van der Waals surface area contributed by atoms with Gasteiger partial charge in [0.1, 0.15) is 18.3 Å². The number of benzene rings is 4. The van der Waals surface area contributed by atoms with Crippen LogP contribution in [0.4, 0.5) is 5.69 Å². The lowest BCUT2D eigenvalue weighted by molar-refractivity contribution is -0.140. The Labute approximate surface area is 277 Å². The number of carbonyl (C=O) groups is 2. The number of aryl methyl sites for hydroxylation is 1. The van der Waals surface area contributed by atoms with E-state index in [1.54, 1.807) is 60.7 Å². The zero-order valence-corrected chi connectivity index (χ0v) is 28.3. The highest BCUT2D eigenvalue weighted by Crippen LogP contribution is 2.34. The van der Waals surface area contributed by atoms with E-state index < -0.39 is 34.1 Å². The van der Waals surface area contributed by atoms with Crippen molar-refractivity contribution in [2.24, 2.45) is 0 Å². The number of methoxy groups -OCH3 is 1. The van der Waals surface area contributed by atoms with E-state index in [1.807, 2.05) is 58.0 Å². The van der Waals surface area contributed by atoms with Crippen LogP contribution in [-0.2, 0) is 32.6 Å². The Kier molecular flexibility index (Phi) is 11.1. The third-order valence-electron chi connectivity index (χ3n) is 7.28. The summed E-state index contributed by atoms with van der Waals surface area (Å²) >= 11 is 6.57. The van der Waals surface area contributed by atoms with E-state index in [0.29, 0.717) is 10.6 Å². The van der Waals surface area contributed by atoms with Crippen molar-refractivity contribution in [2.45, 2.75) is 57.1 Å². The number of carbonyl (C=O) groups excluding carboxylic acids is 2. The van der Waals surface area contributed by atoms with Crippen LogP contribution in [0, 0.1) is 6.92 Å². The highest BCUT2D eigenvalue weighted by molar-refractivity contribution is 7.92. The van der Waals surface area contributed by atoms with Gasteiger partial charge in [-0.25, -0.2) is 8.42 Å². The first-order valence-electron chi connectivity index (χ1n) is 14.9. The van der Waals surface area contributed by atoms with Crippen molar-refractivity contribution in [3.63, 3.8) is 0 Å². The molecular formula is C36H40ClN3O5S. The monoisotopic (exact) mass is 661 g/mol. The van der Waals surface area contributed by atoms with E-state index in [4.69, 9.17) is 16.3 Å². The number of amides is 2. The van der Waals surface area contributed by atoms with Crippen LogP contribution in [0.25, 0.3) is 0 Å². The van der Waals surface area contributed by atoms with Crippen LogP contribution in [0.3, 0.4) is 0 Å². The molecule has 0 aliphatic carbocycles. The molecule has 0 heterocycles. The Morgan fingerprint density at radius 3 is 2.11 bits per heavy atom. The maximum Gasteiger partial charge on any atom is 0.264 e. The van der Waals surface area contributed by atoms with E-state index >= 15 is 0 Å². The molecule has 10 heteroatoms. The van der Waals surface area contributed by atoms with Crippen molar-refractivity contribution in [1.29, 1.82) is 0 Å². The molecule has 46 heavy (non-hydrogen) atoms. The zero-order chi connectivity index (χ0) is 33.5. The number of nitrogens with zero attached hydrogens (tertiary/aromatic N) is 2. The molecule has 4 aromatic rings. The molecule has 8 nitrogen and oxygen atoms in total. The Morgan fingerprint density at radius 1 is 0.891 bits per heavy atom. The van der Waals surface area contributed by atoms with Crippen LogP contribution < -0.4 is 14.4 Å². The first-order valence-corrected chi connectivity index (χ1v) is 16.7. The maximum atomic E-state index is 14.7. The molecule has 1 atom stereocenters. The number of rotatable bonds is 12. The van der Waals surface area contributed by atoms with E-state index in [2.05, 4.69) is 5.32 Å². The molecule has 0 aromatic heterocycles. The number of halogens is 1. The molecule has 1 N–H and O–H groups in total. The molecule has 242 valence electrons. The highest BCUT2D eigenvalue weighted by atomic mass is 35.5. The number of sulfonamides is 1. The summed E-state index contributed by atoms with van der Waals surface area (Å²) in [5.74, 6) is -0.683. The van der Waals surface area contributed by atoms with Crippen molar-refractivity contribution < 1.29 is 22.7 Å². The van der Waals surface area contributed by atoms with Crippen LogP contribution in [0.1, 0.15) is 37.5 Å². The third-order valence-corrected chi connectivity index (χ3v) is 9.42. The topological polar surface area (TPSA) is 96.0 Å². The molecule has 0 bridgehead atoms. The van der Waals surface area contributed by atoms with Gasteiger partial charge in [-0.05, 0) is 74.7 Å². The van der Waals surface area contributed by atoms with Crippen molar-refractivity contribution in [3.8, 4) is 5.75 Å². The summed E-state index contributed by atoms with van der Waals surface area (Å²) in [6.07, 6.45) is 0.193. The van der Waals surface area contributed by atoms with Crippen LogP contribution >= 0.6 is 11.6 Å². The fraction of sp³-hybridized carbons (Fsp3) is 0.278. The number of nitrogens with one attached hydrogen (secondary N) is 1. The molecule has 4 aromatic carbocycles. The molecule has 0 aliphatic rings. The summed E-state index contributed by atoms with van der Waals surface area (Å²) < 4.78 is 35.2. The SMILES string of the molecule is COc1ccc(C)cc1N(CC(=O)N(Cc1ccccc1Cl)C(Cc1ccccc1)C(=O)NC(C)(C)C)S(=O)(=O)c1ccccc1. The minimum atomic E-state index is -4.27. The summed E-state index contributed by atoms with van der Waals surface area (Å²) in [6.45, 7) is 6.79. The lowest BCUT2D eigenvalue weighted by atomic mass is 10.0. The molecule has 0 spiro atoms. The number of hydrogen-bond acceptors (Lipinski definition) is 5. The number of hydrogen-bond donors (Lipinski definition) is 1. The van der Waals surface area contributed by atoms with Gasteiger partial charge in [-0.1, -0.05) is 84.4 Å². The second-order valence-corrected chi connectivity index (χ2v) is 14.3. The molecule has 0 fully saturated rings. The highest BCUT2D eigenvalue weighted by Gasteiger charge is 2.36. The third kappa shape index (κ3) is 8.68. The lowest BCUT2D eigenvalue weighted by Crippen LogP contribution is -2.56. The van der Waals surface area contributed by atoms with E-state index in [9.17, 15) is 18.0 Å². The standard InChI is InChI=1S/C36H40ClN3O5S/c1-26-20-21-33(45-5)31(22-26)40(46(43,44)29-17-10-7-11-18-29)25-34(41)39(24-28-16-12-13-19-30(28)37)32(35(42)38-36(2,3)4)23-27-14-8-6-9-15-27/h6-22,32H,23-25H2,1-5H3,(H,38,42). The Hall–Kier alpha value is -4.34. The normalized spacial score (nSPS) is 12.2.